The first kappa shape index (κ1) is 15.4. The average Bonchev–Trinajstić information content (AvgIpc) is 2.40. The molecule has 0 radical (unpaired) electrons. The van der Waals surface area contributed by atoms with Gasteiger partial charge in [0.1, 0.15) is 5.82 Å². The number of aromatic carboxylic acids is 1. The van der Waals surface area contributed by atoms with Gasteiger partial charge in [-0.15, -0.1) is 0 Å². The monoisotopic (exact) mass is 294 g/mol. The molecule has 2 rings (SSSR count). The van der Waals surface area contributed by atoms with Gasteiger partial charge in [0.05, 0.1) is 16.8 Å². The summed E-state index contributed by atoms with van der Waals surface area (Å²) < 4.78 is 13.8. The molecule has 1 aromatic carbocycles. The van der Waals surface area contributed by atoms with Crippen LogP contribution in [0, 0.1) is 11.7 Å². The normalized spacial score (nSPS) is 25.4. The highest BCUT2D eigenvalue weighted by atomic mass is 19.1. The van der Waals surface area contributed by atoms with E-state index < -0.39 is 23.2 Å². The van der Waals surface area contributed by atoms with Crippen molar-refractivity contribution >= 4 is 17.6 Å². The molecule has 6 heteroatoms. The summed E-state index contributed by atoms with van der Waals surface area (Å²) in [5, 5.41) is 11.3. The van der Waals surface area contributed by atoms with Crippen molar-refractivity contribution in [2.75, 3.05) is 5.32 Å². The van der Waals surface area contributed by atoms with Gasteiger partial charge in [-0.25, -0.2) is 9.18 Å². The van der Waals surface area contributed by atoms with Gasteiger partial charge in [-0.1, -0.05) is 19.8 Å². The molecule has 1 aromatic rings. The predicted octanol–water partition coefficient (Wildman–Crippen LogP) is 2.37. The Hall–Kier alpha value is -1.95. The van der Waals surface area contributed by atoms with E-state index in [1.165, 1.54) is 12.1 Å². The van der Waals surface area contributed by atoms with E-state index in [1.54, 1.807) is 0 Å². The van der Waals surface area contributed by atoms with Gasteiger partial charge < -0.3 is 16.2 Å². The van der Waals surface area contributed by atoms with Crippen LogP contribution in [0.4, 0.5) is 10.1 Å². The average molecular weight is 294 g/mol. The van der Waals surface area contributed by atoms with Crippen molar-refractivity contribution in [3.05, 3.63) is 29.6 Å². The Morgan fingerprint density at radius 1 is 1.48 bits per heavy atom. The summed E-state index contributed by atoms with van der Waals surface area (Å²) in [5.74, 6) is -2.07. The zero-order valence-corrected chi connectivity index (χ0v) is 11.9. The molecule has 0 spiro atoms. The minimum atomic E-state index is -1.22. The van der Waals surface area contributed by atoms with Crippen LogP contribution in [0.2, 0.25) is 0 Å². The third kappa shape index (κ3) is 3.39. The molecule has 1 amide bonds. The number of anilines is 1. The van der Waals surface area contributed by atoms with Crippen LogP contribution in [0.15, 0.2) is 18.2 Å². The highest BCUT2D eigenvalue weighted by molar-refractivity contribution is 5.98. The van der Waals surface area contributed by atoms with Gasteiger partial charge in [-0.3, -0.25) is 4.79 Å². The SMILES string of the molecule is CC1CCCC(N)(C(=O)Nc2ccc(C(=O)O)cc2F)C1. The largest absolute Gasteiger partial charge is 0.478 e. The molecule has 0 bridgehead atoms. The highest BCUT2D eigenvalue weighted by Crippen LogP contribution is 2.31. The maximum Gasteiger partial charge on any atom is 0.335 e. The molecule has 2 atom stereocenters. The fraction of sp³-hybridized carbons (Fsp3) is 0.467. The number of carboxylic acids is 1. The van der Waals surface area contributed by atoms with Crippen LogP contribution >= 0.6 is 0 Å². The Labute approximate surface area is 122 Å². The van der Waals surface area contributed by atoms with Crippen molar-refractivity contribution in [3.8, 4) is 0 Å². The zero-order chi connectivity index (χ0) is 15.6. The first-order valence-corrected chi connectivity index (χ1v) is 6.95. The number of amides is 1. The standard InChI is InChI=1S/C15H19FN2O3/c1-9-3-2-6-15(17,8-9)14(21)18-12-5-4-10(13(19)20)7-11(12)16/h4-5,7,9H,2-3,6,8,17H2,1H3,(H,18,21)(H,19,20). The number of carbonyl (C=O) groups is 2. The van der Waals surface area contributed by atoms with Crippen molar-refractivity contribution in [1.29, 1.82) is 0 Å². The van der Waals surface area contributed by atoms with Crippen LogP contribution < -0.4 is 11.1 Å². The topological polar surface area (TPSA) is 92.4 Å². The molecule has 4 N–H and O–H groups in total. The Bertz CT molecular complexity index is 576. The zero-order valence-electron chi connectivity index (χ0n) is 11.9. The number of hydrogen-bond acceptors (Lipinski definition) is 3. The molecule has 1 aliphatic rings. The number of halogens is 1. The minimum absolute atomic E-state index is 0.0481. The van der Waals surface area contributed by atoms with Gasteiger partial charge in [0.2, 0.25) is 5.91 Å². The van der Waals surface area contributed by atoms with E-state index in [0.717, 1.165) is 18.9 Å². The van der Waals surface area contributed by atoms with Crippen molar-refractivity contribution in [3.63, 3.8) is 0 Å². The summed E-state index contributed by atoms with van der Waals surface area (Å²) in [4.78, 5) is 23.0. The van der Waals surface area contributed by atoms with Crippen LogP contribution in [0.1, 0.15) is 43.0 Å². The van der Waals surface area contributed by atoms with E-state index in [1.807, 2.05) is 6.92 Å². The summed E-state index contributed by atoms with van der Waals surface area (Å²) in [6.07, 6.45) is 3.03. The van der Waals surface area contributed by atoms with Crippen LogP contribution in [0.25, 0.3) is 0 Å². The molecular formula is C15H19FN2O3. The molecule has 1 aliphatic carbocycles. The lowest BCUT2D eigenvalue weighted by Crippen LogP contribution is -2.53. The highest BCUT2D eigenvalue weighted by Gasteiger charge is 2.38. The van der Waals surface area contributed by atoms with Gasteiger partial charge in [-0.05, 0) is 37.0 Å². The summed E-state index contributed by atoms with van der Waals surface area (Å²) in [6, 6.07) is 3.37. The fourth-order valence-corrected chi connectivity index (χ4v) is 2.79. The van der Waals surface area contributed by atoms with E-state index in [4.69, 9.17) is 10.8 Å². The number of nitrogens with two attached hydrogens (primary N) is 1. The molecular weight excluding hydrogens is 275 g/mol. The van der Waals surface area contributed by atoms with Crippen molar-refractivity contribution in [1.82, 2.24) is 0 Å². The summed E-state index contributed by atoms with van der Waals surface area (Å²) >= 11 is 0. The second-order valence-electron chi connectivity index (χ2n) is 5.81. The number of carbonyl (C=O) groups excluding carboxylic acids is 1. The fourth-order valence-electron chi connectivity index (χ4n) is 2.79. The van der Waals surface area contributed by atoms with Crippen LogP contribution in [-0.4, -0.2) is 22.5 Å². The Balaban J connectivity index is 2.14. The van der Waals surface area contributed by atoms with Crippen LogP contribution in [-0.2, 0) is 4.79 Å². The predicted molar refractivity (Wildman–Crippen MR) is 76.5 cm³/mol. The van der Waals surface area contributed by atoms with E-state index in [-0.39, 0.29) is 11.3 Å². The molecule has 21 heavy (non-hydrogen) atoms. The summed E-state index contributed by atoms with van der Waals surface area (Å²) in [6.45, 7) is 2.04. The lowest BCUT2D eigenvalue weighted by molar-refractivity contribution is -0.122. The molecule has 2 unspecified atom stereocenters. The first-order valence-electron chi connectivity index (χ1n) is 6.95. The number of benzene rings is 1. The van der Waals surface area contributed by atoms with E-state index in [9.17, 15) is 14.0 Å². The number of hydrogen-bond donors (Lipinski definition) is 3. The number of carboxylic acid groups (broad SMARTS) is 1. The van der Waals surface area contributed by atoms with E-state index >= 15 is 0 Å². The Kier molecular flexibility index (Phi) is 4.27. The van der Waals surface area contributed by atoms with Gasteiger partial charge in [0, 0.05) is 0 Å². The summed E-state index contributed by atoms with van der Waals surface area (Å²) in [7, 11) is 0. The first-order chi connectivity index (χ1) is 9.82. The summed E-state index contributed by atoms with van der Waals surface area (Å²) in [5.41, 5.74) is 4.93. The van der Waals surface area contributed by atoms with Gasteiger partial charge in [0.15, 0.2) is 0 Å². The van der Waals surface area contributed by atoms with Crippen molar-refractivity contribution < 1.29 is 19.1 Å². The number of nitrogens with one attached hydrogen (secondary N) is 1. The van der Waals surface area contributed by atoms with Crippen LogP contribution in [0.5, 0.6) is 0 Å². The molecule has 0 aliphatic heterocycles. The lowest BCUT2D eigenvalue weighted by Gasteiger charge is -2.35. The molecule has 114 valence electrons. The third-order valence-corrected chi connectivity index (χ3v) is 3.95. The van der Waals surface area contributed by atoms with Gasteiger partial charge in [-0.2, -0.15) is 0 Å². The number of rotatable bonds is 3. The minimum Gasteiger partial charge on any atom is -0.478 e. The van der Waals surface area contributed by atoms with Crippen LogP contribution in [0.3, 0.4) is 0 Å². The second kappa shape index (κ2) is 5.81. The Morgan fingerprint density at radius 3 is 2.76 bits per heavy atom. The van der Waals surface area contributed by atoms with Gasteiger partial charge >= 0.3 is 5.97 Å². The second-order valence-corrected chi connectivity index (χ2v) is 5.81. The molecule has 1 saturated carbocycles. The van der Waals surface area contributed by atoms with E-state index in [2.05, 4.69) is 5.32 Å². The molecule has 5 nitrogen and oxygen atoms in total. The van der Waals surface area contributed by atoms with Crippen molar-refractivity contribution in [2.24, 2.45) is 11.7 Å². The smallest absolute Gasteiger partial charge is 0.335 e. The maximum atomic E-state index is 13.8. The lowest BCUT2D eigenvalue weighted by atomic mass is 9.76. The quantitative estimate of drug-likeness (QED) is 0.798. The maximum absolute atomic E-state index is 13.8. The third-order valence-electron chi connectivity index (χ3n) is 3.95. The molecule has 1 fully saturated rings. The van der Waals surface area contributed by atoms with Crippen molar-refractivity contribution in [2.45, 2.75) is 38.1 Å². The molecule has 0 heterocycles. The molecule has 0 saturated heterocycles. The van der Waals surface area contributed by atoms with Gasteiger partial charge in [0.25, 0.3) is 0 Å². The molecule has 0 aromatic heterocycles. The Morgan fingerprint density at radius 2 is 2.19 bits per heavy atom. The van der Waals surface area contributed by atoms with E-state index in [0.29, 0.717) is 18.8 Å².